The van der Waals surface area contributed by atoms with Gasteiger partial charge in [0.25, 0.3) is 0 Å². The lowest BCUT2D eigenvalue weighted by Crippen LogP contribution is -2.31. The highest BCUT2D eigenvalue weighted by Gasteiger charge is 2.22. The Hall–Kier alpha value is -1.10. The molecule has 1 saturated carbocycles. The van der Waals surface area contributed by atoms with Crippen LogP contribution in [0, 0.1) is 5.92 Å². The molecular formula is C11H18N4O. The molecule has 88 valence electrons. The van der Waals surface area contributed by atoms with Crippen molar-refractivity contribution in [2.45, 2.75) is 38.3 Å². The fourth-order valence-corrected chi connectivity index (χ4v) is 2.52. The molecule has 5 heteroatoms. The van der Waals surface area contributed by atoms with Gasteiger partial charge in [0.2, 0.25) is 0 Å². The van der Waals surface area contributed by atoms with Gasteiger partial charge in [0, 0.05) is 13.1 Å². The maximum Gasteiger partial charge on any atom is 0.346 e. The number of nitrogens with one attached hydrogen (secondary N) is 1. The first-order chi connectivity index (χ1) is 7.84. The van der Waals surface area contributed by atoms with E-state index in [0.717, 1.165) is 26.1 Å². The van der Waals surface area contributed by atoms with Gasteiger partial charge in [-0.25, -0.2) is 9.48 Å². The van der Waals surface area contributed by atoms with E-state index < -0.39 is 0 Å². The fourth-order valence-electron chi connectivity index (χ4n) is 2.52. The monoisotopic (exact) mass is 222 g/mol. The molecule has 1 atom stereocenters. The highest BCUT2D eigenvalue weighted by molar-refractivity contribution is 4.83. The molecule has 0 bridgehead atoms. The van der Waals surface area contributed by atoms with Crippen LogP contribution in [0.5, 0.6) is 0 Å². The predicted molar refractivity (Wildman–Crippen MR) is 60.4 cm³/mol. The van der Waals surface area contributed by atoms with Gasteiger partial charge in [-0.2, -0.15) is 5.10 Å². The zero-order chi connectivity index (χ0) is 11.0. The Morgan fingerprint density at radius 1 is 1.44 bits per heavy atom. The van der Waals surface area contributed by atoms with Crippen LogP contribution >= 0.6 is 0 Å². The summed E-state index contributed by atoms with van der Waals surface area (Å²) in [7, 11) is 0. The SMILES string of the molecule is O=c1n(C2CCNC2)cnn1CC1CCC1. The van der Waals surface area contributed by atoms with Crippen LogP contribution in [0.2, 0.25) is 0 Å². The van der Waals surface area contributed by atoms with Gasteiger partial charge in [-0.1, -0.05) is 6.42 Å². The molecule has 1 aromatic rings. The lowest BCUT2D eigenvalue weighted by molar-refractivity contribution is 0.262. The largest absolute Gasteiger partial charge is 0.346 e. The van der Waals surface area contributed by atoms with Crippen LogP contribution in [0.1, 0.15) is 31.7 Å². The molecule has 5 nitrogen and oxygen atoms in total. The summed E-state index contributed by atoms with van der Waals surface area (Å²) in [5, 5.41) is 7.50. The van der Waals surface area contributed by atoms with Crippen molar-refractivity contribution in [3.05, 3.63) is 16.8 Å². The average Bonchev–Trinajstić information content (AvgIpc) is 2.81. The van der Waals surface area contributed by atoms with E-state index in [-0.39, 0.29) is 5.69 Å². The molecule has 1 saturated heterocycles. The summed E-state index contributed by atoms with van der Waals surface area (Å²) in [5.74, 6) is 0.683. The van der Waals surface area contributed by atoms with Gasteiger partial charge in [0.15, 0.2) is 0 Å². The lowest BCUT2D eigenvalue weighted by atomic mass is 9.85. The molecule has 0 radical (unpaired) electrons. The number of hydrogen-bond acceptors (Lipinski definition) is 3. The second kappa shape index (κ2) is 4.05. The van der Waals surface area contributed by atoms with E-state index in [9.17, 15) is 4.79 Å². The second-order valence-corrected chi connectivity index (χ2v) is 4.95. The number of nitrogens with zero attached hydrogens (tertiary/aromatic N) is 3. The van der Waals surface area contributed by atoms with E-state index in [4.69, 9.17) is 0 Å². The topological polar surface area (TPSA) is 51.9 Å². The van der Waals surface area contributed by atoms with Crippen LogP contribution < -0.4 is 11.0 Å². The van der Waals surface area contributed by atoms with Gasteiger partial charge < -0.3 is 5.32 Å². The van der Waals surface area contributed by atoms with Gasteiger partial charge in [-0.05, 0) is 31.7 Å². The Morgan fingerprint density at radius 3 is 2.94 bits per heavy atom. The first-order valence-electron chi connectivity index (χ1n) is 6.19. The van der Waals surface area contributed by atoms with Crippen LogP contribution in [0.3, 0.4) is 0 Å². The molecule has 1 aliphatic carbocycles. The summed E-state index contributed by atoms with van der Waals surface area (Å²) in [6.07, 6.45) is 6.56. The fraction of sp³-hybridized carbons (Fsp3) is 0.818. The third-order valence-corrected chi connectivity index (χ3v) is 3.84. The summed E-state index contributed by atoms with van der Waals surface area (Å²) in [4.78, 5) is 12.1. The van der Waals surface area contributed by atoms with E-state index in [1.807, 2.05) is 0 Å². The summed E-state index contributed by atoms with van der Waals surface area (Å²) in [5.41, 5.74) is 0.0700. The van der Waals surface area contributed by atoms with Crippen LogP contribution in [0.15, 0.2) is 11.1 Å². The Morgan fingerprint density at radius 2 is 2.31 bits per heavy atom. The van der Waals surface area contributed by atoms with Gasteiger partial charge >= 0.3 is 5.69 Å². The lowest BCUT2D eigenvalue weighted by Gasteiger charge is -2.24. The van der Waals surface area contributed by atoms with Crippen molar-refractivity contribution >= 4 is 0 Å². The Labute approximate surface area is 94.5 Å². The standard InChI is InChI=1S/C11H18N4O/c16-11-14(10-4-5-12-6-10)8-13-15(11)7-9-2-1-3-9/h8-10,12H,1-7H2. The predicted octanol–water partition coefficient (Wildman–Crippen LogP) is 0.379. The molecular weight excluding hydrogens is 204 g/mol. The van der Waals surface area contributed by atoms with E-state index >= 15 is 0 Å². The Bertz CT molecular complexity index is 412. The van der Waals surface area contributed by atoms with Crippen LogP contribution in [0.4, 0.5) is 0 Å². The number of hydrogen-bond donors (Lipinski definition) is 1. The van der Waals surface area contributed by atoms with Gasteiger partial charge in [0.1, 0.15) is 6.33 Å². The molecule has 2 heterocycles. The van der Waals surface area contributed by atoms with Crippen molar-refractivity contribution in [1.82, 2.24) is 19.7 Å². The van der Waals surface area contributed by atoms with E-state index in [1.54, 1.807) is 15.6 Å². The van der Waals surface area contributed by atoms with E-state index in [1.165, 1.54) is 19.3 Å². The van der Waals surface area contributed by atoms with Crippen molar-refractivity contribution in [3.8, 4) is 0 Å². The van der Waals surface area contributed by atoms with E-state index in [0.29, 0.717) is 12.0 Å². The Kier molecular flexibility index (Phi) is 2.55. The van der Waals surface area contributed by atoms with Crippen molar-refractivity contribution in [2.75, 3.05) is 13.1 Å². The molecule has 1 aliphatic heterocycles. The zero-order valence-electron chi connectivity index (χ0n) is 9.43. The minimum absolute atomic E-state index is 0.0700. The van der Waals surface area contributed by atoms with E-state index in [2.05, 4.69) is 10.4 Å². The third-order valence-electron chi connectivity index (χ3n) is 3.84. The minimum atomic E-state index is 0.0700. The molecule has 1 N–H and O–H groups in total. The molecule has 1 aromatic heterocycles. The van der Waals surface area contributed by atoms with Crippen LogP contribution in [-0.4, -0.2) is 27.4 Å². The molecule has 1 unspecified atom stereocenters. The highest BCUT2D eigenvalue weighted by atomic mass is 16.2. The molecule has 2 aliphatic rings. The molecule has 0 spiro atoms. The van der Waals surface area contributed by atoms with Gasteiger partial charge in [0.05, 0.1) is 6.04 Å². The highest BCUT2D eigenvalue weighted by Crippen LogP contribution is 2.27. The van der Waals surface area contributed by atoms with Gasteiger partial charge in [-0.3, -0.25) is 4.57 Å². The first-order valence-corrected chi connectivity index (χ1v) is 6.19. The van der Waals surface area contributed by atoms with Crippen molar-refractivity contribution in [1.29, 1.82) is 0 Å². The zero-order valence-corrected chi connectivity index (χ0v) is 9.43. The first kappa shape index (κ1) is 10.1. The quantitative estimate of drug-likeness (QED) is 0.804. The molecule has 3 rings (SSSR count). The molecule has 0 aromatic carbocycles. The minimum Gasteiger partial charge on any atom is -0.315 e. The molecule has 16 heavy (non-hydrogen) atoms. The third kappa shape index (κ3) is 1.69. The summed E-state index contributed by atoms with van der Waals surface area (Å²) < 4.78 is 3.43. The van der Waals surface area contributed by atoms with Crippen molar-refractivity contribution in [3.63, 3.8) is 0 Å². The summed E-state index contributed by atoms with van der Waals surface area (Å²) in [6, 6.07) is 0.308. The van der Waals surface area contributed by atoms with Gasteiger partial charge in [-0.15, -0.1) is 0 Å². The number of aromatic nitrogens is 3. The van der Waals surface area contributed by atoms with Crippen molar-refractivity contribution in [2.24, 2.45) is 5.92 Å². The average molecular weight is 222 g/mol. The summed E-state index contributed by atoms with van der Waals surface area (Å²) in [6.45, 7) is 2.71. The maximum absolute atomic E-state index is 12.1. The van der Waals surface area contributed by atoms with Crippen LogP contribution in [-0.2, 0) is 6.54 Å². The summed E-state index contributed by atoms with van der Waals surface area (Å²) >= 11 is 0. The normalized spacial score (nSPS) is 25.9. The number of rotatable bonds is 3. The molecule has 2 fully saturated rings. The van der Waals surface area contributed by atoms with Crippen molar-refractivity contribution < 1.29 is 0 Å². The Balaban J connectivity index is 1.76. The molecule has 0 amide bonds. The maximum atomic E-state index is 12.1. The second-order valence-electron chi connectivity index (χ2n) is 4.95. The smallest absolute Gasteiger partial charge is 0.315 e. The van der Waals surface area contributed by atoms with Crippen LogP contribution in [0.25, 0.3) is 0 Å².